The van der Waals surface area contributed by atoms with Gasteiger partial charge in [0.2, 0.25) is 0 Å². The Morgan fingerprint density at radius 1 is 1.20 bits per heavy atom. The maximum absolute atomic E-state index is 3.59. The minimum atomic E-state index is 0.637. The Labute approximate surface area is 123 Å². The van der Waals surface area contributed by atoms with Gasteiger partial charge in [-0.3, -0.25) is 4.90 Å². The lowest BCUT2D eigenvalue weighted by atomic mass is 9.91. The minimum absolute atomic E-state index is 0.637. The summed E-state index contributed by atoms with van der Waals surface area (Å²) in [5, 5.41) is 3.59. The molecule has 2 atom stereocenters. The Bertz CT molecular complexity index is 427. The summed E-state index contributed by atoms with van der Waals surface area (Å²) in [4.78, 5) is 2.83. The van der Waals surface area contributed by atoms with Crippen LogP contribution in [0.25, 0.3) is 0 Å². The van der Waals surface area contributed by atoms with Crippen molar-refractivity contribution in [2.24, 2.45) is 0 Å². The standard InChI is InChI=1S/C18H28N2/c1-2-7-16-9-5-6-13-20(16)18-11-12-19-14-15-8-3-4-10-17(15)18/h3-4,8,10,16,18-19H,2,5-7,9,11-14H2,1H3. The van der Waals surface area contributed by atoms with Crippen molar-refractivity contribution in [2.75, 3.05) is 13.1 Å². The minimum Gasteiger partial charge on any atom is -0.313 e. The van der Waals surface area contributed by atoms with Gasteiger partial charge >= 0.3 is 0 Å². The van der Waals surface area contributed by atoms with Crippen LogP contribution in [0.4, 0.5) is 0 Å². The van der Waals surface area contributed by atoms with Crippen LogP contribution in [-0.2, 0) is 6.54 Å². The number of nitrogens with zero attached hydrogens (tertiary/aromatic N) is 1. The first-order valence-corrected chi connectivity index (χ1v) is 8.44. The van der Waals surface area contributed by atoms with Crippen LogP contribution in [0.3, 0.4) is 0 Å². The van der Waals surface area contributed by atoms with Crippen LogP contribution in [0.15, 0.2) is 24.3 Å². The largest absolute Gasteiger partial charge is 0.313 e. The zero-order chi connectivity index (χ0) is 13.8. The van der Waals surface area contributed by atoms with E-state index in [-0.39, 0.29) is 0 Å². The molecule has 2 heteroatoms. The highest BCUT2D eigenvalue weighted by atomic mass is 15.2. The van der Waals surface area contributed by atoms with Crippen molar-refractivity contribution in [1.82, 2.24) is 10.2 Å². The average Bonchev–Trinajstić information content (AvgIpc) is 2.71. The fraction of sp³-hybridized carbons (Fsp3) is 0.667. The Morgan fingerprint density at radius 3 is 3.00 bits per heavy atom. The zero-order valence-electron chi connectivity index (χ0n) is 12.8. The second-order valence-corrected chi connectivity index (χ2v) is 6.36. The van der Waals surface area contributed by atoms with Crippen LogP contribution in [-0.4, -0.2) is 24.0 Å². The molecular formula is C18H28N2. The molecule has 1 fully saturated rings. The Balaban J connectivity index is 1.87. The van der Waals surface area contributed by atoms with Gasteiger partial charge in [0.15, 0.2) is 0 Å². The van der Waals surface area contributed by atoms with E-state index in [0.717, 1.165) is 19.1 Å². The molecule has 0 saturated carbocycles. The summed E-state index contributed by atoms with van der Waals surface area (Å²) in [5.74, 6) is 0. The van der Waals surface area contributed by atoms with E-state index < -0.39 is 0 Å². The number of nitrogens with one attached hydrogen (secondary N) is 1. The Morgan fingerprint density at radius 2 is 2.10 bits per heavy atom. The first kappa shape index (κ1) is 14.1. The number of fused-ring (bicyclic) bond motifs is 1. The summed E-state index contributed by atoms with van der Waals surface area (Å²) in [6.45, 7) is 5.81. The first-order valence-electron chi connectivity index (χ1n) is 8.44. The van der Waals surface area contributed by atoms with Crippen LogP contribution in [0.2, 0.25) is 0 Å². The lowest BCUT2D eigenvalue weighted by Crippen LogP contribution is -2.42. The number of piperidine rings is 1. The van der Waals surface area contributed by atoms with E-state index in [0.29, 0.717) is 6.04 Å². The Kier molecular flexibility index (Phi) is 4.74. The second-order valence-electron chi connectivity index (χ2n) is 6.36. The van der Waals surface area contributed by atoms with Crippen molar-refractivity contribution in [3.8, 4) is 0 Å². The zero-order valence-corrected chi connectivity index (χ0v) is 12.8. The van der Waals surface area contributed by atoms with Gasteiger partial charge < -0.3 is 5.32 Å². The van der Waals surface area contributed by atoms with Crippen molar-refractivity contribution < 1.29 is 0 Å². The molecular weight excluding hydrogens is 244 g/mol. The highest BCUT2D eigenvalue weighted by Gasteiger charge is 2.30. The highest BCUT2D eigenvalue weighted by molar-refractivity contribution is 5.31. The molecule has 1 N–H and O–H groups in total. The average molecular weight is 272 g/mol. The first-order chi connectivity index (χ1) is 9.90. The van der Waals surface area contributed by atoms with E-state index in [1.807, 2.05) is 0 Å². The van der Waals surface area contributed by atoms with Gasteiger partial charge in [-0.2, -0.15) is 0 Å². The predicted octanol–water partition coefficient (Wildman–Crippen LogP) is 3.88. The summed E-state index contributed by atoms with van der Waals surface area (Å²) < 4.78 is 0. The lowest BCUT2D eigenvalue weighted by molar-refractivity contribution is 0.0838. The quantitative estimate of drug-likeness (QED) is 0.898. The van der Waals surface area contributed by atoms with E-state index >= 15 is 0 Å². The monoisotopic (exact) mass is 272 g/mol. The molecule has 1 aromatic rings. The molecule has 20 heavy (non-hydrogen) atoms. The maximum Gasteiger partial charge on any atom is 0.0366 e. The molecule has 0 aliphatic carbocycles. The van der Waals surface area contributed by atoms with Crippen LogP contribution in [0.5, 0.6) is 0 Å². The van der Waals surface area contributed by atoms with E-state index in [2.05, 4.69) is 41.4 Å². The molecule has 2 unspecified atom stereocenters. The third-order valence-electron chi connectivity index (χ3n) is 5.02. The third kappa shape index (κ3) is 2.91. The Hall–Kier alpha value is -0.860. The summed E-state index contributed by atoms with van der Waals surface area (Å²) in [6, 6.07) is 10.5. The van der Waals surface area contributed by atoms with Crippen LogP contribution >= 0.6 is 0 Å². The van der Waals surface area contributed by atoms with Crippen molar-refractivity contribution in [2.45, 2.75) is 64.1 Å². The van der Waals surface area contributed by atoms with Gasteiger partial charge in [-0.05, 0) is 49.9 Å². The summed E-state index contributed by atoms with van der Waals surface area (Å²) in [6.07, 6.45) is 8.15. The van der Waals surface area contributed by atoms with Crippen molar-refractivity contribution in [1.29, 1.82) is 0 Å². The molecule has 3 rings (SSSR count). The van der Waals surface area contributed by atoms with E-state index in [4.69, 9.17) is 0 Å². The van der Waals surface area contributed by atoms with E-state index in [9.17, 15) is 0 Å². The van der Waals surface area contributed by atoms with Crippen molar-refractivity contribution in [3.05, 3.63) is 35.4 Å². The van der Waals surface area contributed by atoms with E-state index in [1.54, 1.807) is 5.56 Å². The van der Waals surface area contributed by atoms with E-state index in [1.165, 1.54) is 50.6 Å². The predicted molar refractivity (Wildman–Crippen MR) is 84.8 cm³/mol. The number of rotatable bonds is 3. The molecule has 2 aliphatic rings. The molecule has 2 heterocycles. The summed E-state index contributed by atoms with van der Waals surface area (Å²) in [7, 11) is 0. The normalized spacial score (nSPS) is 27.9. The number of hydrogen-bond donors (Lipinski definition) is 1. The van der Waals surface area contributed by atoms with Crippen LogP contribution < -0.4 is 5.32 Å². The van der Waals surface area contributed by atoms with Gasteiger partial charge in [0.25, 0.3) is 0 Å². The summed E-state index contributed by atoms with van der Waals surface area (Å²) in [5.41, 5.74) is 3.09. The van der Waals surface area contributed by atoms with Gasteiger partial charge in [-0.1, -0.05) is 44.0 Å². The fourth-order valence-corrected chi connectivity index (χ4v) is 4.06. The molecule has 0 amide bonds. The van der Waals surface area contributed by atoms with Gasteiger partial charge in [0.1, 0.15) is 0 Å². The maximum atomic E-state index is 3.59. The molecule has 0 spiro atoms. The SMILES string of the molecule is CCCC1CCCCN1C1CCNCc2ccccc21. The second kappa shape index (κ2) is 6.73. The number of benzene rings is 1. The van der Waals surface area contributed by atoms with Crippen molar-refractivity contribution in [3.63, 3.8) is 0 Å². The molecule has 1 saturated heterocycles. The van der Waals surface area contributed by atoms with Gasteiger partial charge in [-0.25, -0.2) is 0 Å². The van der Waals surface area contributed by atoms with Gasteiger partial charge in [-0.15, -0.1) is 0 Å². The third-order valence-corrected chi connectivity index (χ3v) is 5.02. The lowest BCUT2D eigenvalue weighted by Gasteiger charge is -2.41. The topological polar surface area (TPSA) is 15.3 Å². The van der Waals surface area contributed by atoms with Crippen LogP contribution in [0.1, 0.15) is 62.6 Å². The molecule has 1 aromatic carbocycles. The number of likely N-dealkylation sites (tertiary alicyclic amines) is 1. The molecule has 110 valence electrons. The highest BCUT2D eigenvalue weighted by Crippen LogP contribution is 2.35. The van der Waals surface area contributed by atoms with Gasteiger partial charge in [0.05, 0.1) is 0 Å². The molecule has 0 aromatic heterocycles. The molecule has 0 radical (unpaired) electrons. The van der Waals surface area contributed by atoms with Gasteiger partial charge in [0, 0.05) is 18.6 Å². The van der Waals surface area contributed by atoms with Crippen molar-refractivity contribution >= 4 is 0 Å². The fourth-order valence-electron chi connectivity index (χ4n) is 4.06. The molecule has 2 nitrogen and oxygen atoms in total. The number of hydrogen-bond acceptors (Lipinski definition) is 2. The van der Waals surface area contributed by atoms with Crippen LogP contribution in [0, 0.1) is 0 Å². The smallest absolute Gasteiger partial charge is 0.0366 e. The molecule has 2 aliphatic heterocycles. The molecule has 0 bridgehead atoms. The summed E-state index contributed by atoms with van der Waals surface area (Å²) >= 11 is 0.